The number of hydrogen-bond donors (Lipinski definition) is 1. The summed E-state index contributed by atoms with van der Waals surface area (Å²) in [4.78, 5) is 15.9. The Morgan fingerprint density at radius 1 is 1.47 bits per heavy atom. The van der Waals surface area contributed by atoms with Gasteiger partial charge in [-0.25, -0.2) is 4.98 Å². The topological polar surface area (TPSA) is 51.2 Å². The van der Waals surface area contributed by atoms with Crippen LogP contribution in [0.5, 0.6) is 5.75 Å². The Kier molecular flexibility index (Phi) is 3.39. The molecule has 2 aromatic rings. The van der Waals surface area contributed by atoms with Gasteiger partial charge in [-0.15, -0.1) is 11.3 Å². The second-order valence-corrected chi connectivity index (χ2v) is 4.37. The van der Waals surface area contributed by atoms with Crippen molar-refractivity contribution in [2.45, 2.75) is 6.92 Å². The third-order valence-electron chi connectivity index (χ3n) is 2.31. The van der Waals surface area contributed by atoms with Crippen LogP contribution in [0.3, 0.4) is 0 Å². The van der Waals surface area contributed by atoms with Crippen LogP contribution >= 0.6 is 11.3 Å². The highest BCUT2D eigenvalue weighted by atomic mass is 32.1. The van der Waals surface area contributed by atoms with Crippen LogP contribution in [0.15, 0.2) is 29.8 Å². The molecule has 0 fully saturated rings. The summed E-state index contributed by atoms with van der Waals surface area (Å²) < 4.78 is 5.14. The van der Waals surface area contributed by atoms with Gasteiger partial charge < -0.3 is 4.74 Å². The number of ether oxygens (including phenoxy) is 1. The largest absolute Gasteiger partial charge is 0.496 e. The zero-order valence-electron chi connectivity index (χ0n) is 9.56. The van der Waals surface area contributed by atoms with Crippen molar-refractivity contribution in [3.8, 4) is 5.75 Å². The fraction of sp³-hybridized carbons (Fsp3) is 0.167. The lowest BCUT2D eigenvalue weighted by atomic mass is 10.1. The lowest BCUT2D eigenvalue weighted by molar-refractivity contribution is 0.102. The molecule has 0 aliphatic heterocycles. The molecule has 88 valence electrons. The maximum Gasteiger partial charge on any atom is 0.257 e. The molecule has 17 heavy (non-hydrogen) atoms. The Bertz CT molecular complexity index is 523. The minimum atomic E-state index is -0.161. The minimum Gasteiger partial charge on any atom is -0.496 e. The number of aryl methyl sites for hydroxylation is 1. The van der Waals surface area contributed by atoms with Crippen molar-refractivity contribution >= 4 is 22.4 Å². The van der Waals surface area contributed by atoms with Crippen molar-refractivity contribution in [1.82, 2.24) is 4.98 Å². The van der Waals surface area contributed by atoms with Crippen molar-refractivity contribution in [2.24, 2.45) is 0 Å². The average molecular weight is 248 g/mol. The van der Waals surface area contributed by atoms with Gasteiger partial charge in [0.1, 0.15) is 5.75 Å². The predicted molar refractivity (Wildman–Crippen MR) is 67.8 cm³/mol. The number of nitrogens with zero attached hydrogens (tertiary/aromatic N) is 1. The lowest BCUT2D eigenvalue weighted by Crippen LogP contribution is -2.11. The molecule has 1 heterocycles. The van der Waals surface area contributed by atoms with Gasteiger partial charge in [-0.3, -0.25) is 10.1 Å². The second-order valence-electron chi connectivity index (χ2n) is 3.48. The first-order chi connectivity index (χ1) is 8.20. The van der Waals surface area contributed by atoms with Crippen LogP contribution in [0.25, 0.3) is 0 Å². The Hall–Kier alpha value is -1.88. The molecule has 0 spiro atoms. The molecule has 2 rings (SSSR count). The normalized spacial score (nSPS) is 10.0. The molecule has 1 aromatic carbocycles. The number of benzene rings is 1. The molecule has 1 N–H and O–H groups in total. The van der Waals surface area contributed by atoms with Gasteiger partial charge in [0.2, 0.25) is 0 Å². The van der Waals surface area contributed by atoms with E-state index in [1.54, 1.807) is 31.5 Å². The van der Waals surface area contributed by atoms with Gasteiger partial charge >= 0.3 is 0 Å². The molecule has 1 aromatic heterocycles. The molecule has 5 heteroatoms. The number of amides is 1. The summed E-state index contributed by atoms with van der Waals surface area (Å²) in [6.45, 7) is 1.90. The van der Waals surface area contributed by atoms with Crippen molar-refractivity contribution in [1.29, 1.82) is 0 Å². The fourth-order valence-electron chi connectivity index (χ4n) is 1.47. The van der Waals surface area contributed by atoms with E-state index in [-0.39, 0.29) is 5.91 Å². The number of methoxy groups -OCH3 is 1. The molecule has 0 saturated heterocycles. The molecule has 0 radical (unpaired) electrons. The zero-order valence-corrected chi connectivity index (χ0v) is 10.4. The lowest BCUT2D eigenvalue weighted by Gasteiger charge is -2.06. The van der Waals surface area contributed by atoms with E-state index in [9.17, 15) is 4.79 Å². The molecular formula is C12H12N2O2S. The van der Waals surface area contributed by atoms with Crippen molar-refractivity contribution in [3.63, 3.8) is 0 Å². The maximum atomic E-state index is 11.9. The summed E-state index contributed by atoms with van der Waals surface area (Å²) >= 11 is 1.39. The highest BCUT2D eigenvalue weighted by Gasteiger charge is 2.09. The first kappa shape index (κ1) is 11.6. The van der Waals surface area contributed by atoms with Gasteiger partial charge in [-0.1, -0.05) is 0 Å². The van der Waals surface area contributed by atoms with E-state index < -0.39 is 0 Å². The summed E-state index contributed by atoms with van der Waals surface area (Å²) in [5, 5.41) is 5.15. The Morgan fingerprint density at radius 3 is 2.88 bits per heavy atom. The molecule has 0 unspecified atom stereocenters. The first-order valence-electron chi connectivity index (χ1n) is 5.06. The van der Waals surface area contributed by atoms with Gasteiger partial charge in [0.25, 0.3) is 5.91 Å². The molecule has 0 atom stereocenters. The van der Waals surface area contributed by atoms with E-state index in [4.69, 9.17) is 4.74 Å². The SMILES string of the molecule is COc1ccc(C(=O)Nc2nccs2)cc1C. The monoisotopic (exact) mass is 248 g/mol. The number of carbonyl (C=O) groups excluding carboxylic acids is 1. The van der Waals surface area contributed by atoms with Crippen LogP contribution in [0.2, 0.25) is 0 Å². The number of thiazole rings is 1. The van der Waals surface area contributed by atoms with Crippen LogP contribution < -0.4 is 10.1 Å². The second kappa shape index (κ2) is 4.97. The Labute approximate surface area is 103 Å². The summed E-state index contributed by atoms with van der Waals surface area (Å²) in [6.07, 6.45) is 1.65. The number of anilines is 1. The van der Waals surface area contributed by atoms with Gasteiger partial charge in [-0.05, 0) is 30.7 Å². The van der Waals surface area contributed by atoms with Gasteiger partial charge in [0.15, 0.2) is 5.13 Å². The summed E-state index contributed by atoms with van der Waals surface area (Å²) in [7, 11) is 1.61. The fourth-order valence-corrected chi connectivity index (χ4v) is 2.00. The van der Waals surface area contributed by atoms with Crippen molar-refractivity contribution in [2.75, 3.05) is 12.4 Å². The highest BCUT2D eigenvalue weighted by Crippen LogP contribution is 2.19. The van der Waals surface area contributed by atoms with Gasteiger partial charge in [0.05, 0.1) is 7.11 Å². The average Bonchev–Trinajstić information content (AvgIpc) is 2.81. The molecule has 0 bridgehead atoms. The van der Waals surface area contributed by atoms with E-state index >= 15 is 0 Å². The Balaban J connectivity index is 2.17. The van der Waals surface area contributed by atoms with E-state index in [0.717, 1.165) is 11.3 Å². The maximum absolute atomic E-state index is 11.9. The summed E-state index contributed by atoms with van der Waals surface area (Å²) in [5.41, 5.74) is 1.53. The van der Waals surface area contributed by atoms with E-state index in [1.165, 1.54) is 11.3 Å². The third kappa shape index (κ3) is 2.62. The summed E-state index contributed by atoms with van der Waals surface area (Å²) in [6, 6.07) is 5.31. The minimum absolute atomic E-state index is 0.161. The first-order valence-corrected chi connectivity index (χ1v) is 5.94. The van der Waals surface area contributed by atoms with Gasteiger partial charge in [-0.2, -0.15) is 0 Å². The van der Waals surface area contributed by atoms with E-state index in [1.807, 2.05) is 12.3 Å². The number of nitrogens with one attached hydrogen (secondary N) is 1. The van der Waals surface area contributed by atoms with Crippen molar-refractivity contribution in [3.05, 3.63) is 40.9 Å². The molecule has 0 aliphatic carbocycles. The molecule has 1 amide bonds. The zero-order chi connectivity index (χ0) is 12.3. The van der Waals surface area contributed by atoms with Crippen LogP contribution in [-0.4, -0.2) is 18.0 Å². The highest BCUT2D eigenvalue weighted by molar-refractivity contribution is 7.13. The predicted octanol–water partition coefficient (Wildman–Crippen LogP) is 2.71. The van der Waals surface area contributed by atoms with Crippen molar-refractivity contribution < 1.29 is 9.53 Å². The quantitative estimate of drug-likeness (QED) is 0.908. The number of hydrogen-bond acceptors (Lipinski definition) is 4. The third-order valence-corrected chi connectivity index (χ3v) is 3.00. The molecule has 0 aliphatic rings. The smallest absolute Gasteiger partial charge is 0.257 e. The number of carbonyl (C=O) groups is 1. The number of rotatable bonds is 3. The molecular weight excluding hydrogens is 236 g/mol. The summed E-state index contributed by atoms with van der Waals surface area (Å²) in [5.74, 6) is 0.613. The van der Waals surface area contributed by atoms with Crippen LogP contribution in [-0.2, 0) is 0 Å². The van der Waals surface area contributed by atoms with Crippen LogP contribution in [0.4, 0.5) is 5.13 Å². The standard InChI is InChI=1S/C12H12N2O2S/c1-8-7-9(3-4-10(8)16-2)11(15)14-12-13-5-6-17-12/h3-7H,1-2H3,(H,13,14,15). The number of aromatic nitrogens is 1. The van der Waals surface area contributed by atoms with Crippen LogP contribution in [0.1, 0.15) is 15.9 Å². The molecule has 4 nitrogen and oxygen atoms in total. The van der Waals surface area contributed by atoms with E-state index in [0.29, 0.717) is 10.7 Å². The Morgan fingerprint density at radius 2 is 2.29 bits per heavy atom. The van der Waals surface area contributed by atoms with Gasteiger partial charge in [0, 0.05) is 17.1 Å². The van der Waals surface area contributed by atoms with E-state index in [2.05, 4.69) is 10.3 Å². The molecule has 0 saturated carbocycles. The van der Waals surface area contributed by atoms with Crippen LogP contribution in [0, 0.1) is 6.92 Å².